The molecule has 2 aromatic carbocycles. The van der Waals surface area contributed by atoms with Gasteiger partial charge in [-0.3, -0.25) is 9.59 Å². The van der Waals surface area contributed by atoms with Crippen LogP contribution in [0.1, 0.15) is 52.2 Å². The summed E-state index contributed by atoms with van der Waals surface area (Å²) in [7, 11) is 0. The molecule has 0 saturated carbocycles. The summed E-state index contributed by atoms with van der Waals surface area (Å²) in [6.45, 7) is 6.03. The molecule has 1 aliphatic rings. The van der Waals surface area contributed by atoms with E-state index in [-0.39, 0.29) is 17.2 Å². The van der Waals surface area contributed by atoms with Crippen LogP contribution in [0.3, 0.4) is 0 Å². The van der Waals surface area contributed by atoms with Gasteiger partial charge in [-0.05, 0) is 48.6 Å². The number of carbonyl (C=O) groups is 2. The number of carbonyl (C=O) groups excluding carboxylic acids is 2. The highest BCUT2D eigenvalue weighted by Gasteiger charge is 2.27. The zero-order chi connectivity index (χ0) is 20.5. The molecule has 148 valence electrons. The monoisotopic (exact) mass is 405 g/mol. The van der Waals surface area contributed by atoms with E-state index in [4.69, 9.17) is 0 Å². The Morgan fingerprint density at radius 2 is 2.14 bits per heavy atom. The Morgan fingerprint density at radius 1 is 1.31 bits per heavy atom. The van der Waals surface area contributed by atoms with Crippen molar-refractivity contribution in [2.75, 3.05) is 0 Å². The highest BCUT2D eigenvalue weighted by Crippen LogP contribution is 2.46. The third-order valence-corrected chi connectivity index (χ3v) is 6.84. The minimum atomic E-state index is -0.139. The number of nitrogens with zero attached hydrogens (tertiary/aromatic N) is 1. The zero-order valence-corrected chi connectivity index (χ0v) is 17.4. The first-order valence-electron chi connectivity index (χ1n) is 9.64. The van der Waals surface area contributed by atoms with E-state index < -0.39 is 0 Å². The second-order valence-corrected chi connectivity index (χ2v) is 8.75. The molecule has 4 rings (SSSR count). The van der Waals surface area contributed by atoms with Crippen LogP contribution >= 0.6 is 11.8 Å². The lowest BCUT2D eigenvalue weighted by Crippen LogP contribution is -2.27. The van der Waals surface area contributed by atoms with Crippen LogP contribution in [-0.4, -0.2) is 22.2 Å². The summed E-state index contributed by atoms with van der Waals surface area (Å²) >= 11 is 1.60. The van der Waals surface area contributed by atoms with Gasteiger partial charge in [-0.2, -0.15) is 0 Å². The van der Waals surface area contributed by atoms with Crippen molar-refractivity contribution in [3.05, 3.63) is 76.0 Å². The zero-order valence-electron chi connectivity index (χ0n) is 16.6. The average Bonchev–Trinajstić information content (AvgIpc) is 3.32. The lowest BCUT2D eigenvalue weighted by molar-refractivity contribution is -0.104. The second-order valence-electron chi connectivity index (χ2n) is 7.54. The Morgan fingerprint density at radius 3 is 2.90 bits per heavy atom. The number of rotatable bonds is 5. The number of allylic oxidation sites excluding steroid dienone is 2. The lowest BCUT2D eigenvalue weighted by Gasteiger charge is -2.19. The van der Waals surface area contributed by atoms with Gasteiger partial charge in [0.25, 0.3) is 5.91 Å². The minimum Gasteiger partial charge on any atom is -0.346 e. The van der Waals surface area contributed by atoms with Gasteiger partial charge in [-0.15, -0.1) is 11.8 Å². The number of thioether (sulfide) groups is 1. The molecule has 0 spiro atoms. The molecule has 2 heterocycles. The van der Waals surface area contributed by atoms with Crippen LogP contribution in [0.4, 0.5) is 0 Å². The minimum absolute atomic E-state index is 0.106. The molecule has 6 heteroatoms. The number of nitrogens with one attached hydrogen (secondary N) is 2. The molecule has 1 aromatic heterocycles. The quantitative estimate of drug-likeness (QED) is 0.594. The molecule has 0 fully saturated rings. The smallest absolute Gasteiger partial charge is 0.252 e. The molecule has 1 amide bonds. The molecule has 3 atom stereocenters. The summed E-state index contributed by atoms with van der Waals surface area (Å²) in [5, 5.41) is 3.33. The van der Waals surface area contributed by atoms with Crippen LogP contribution in [0, 0.1) is 12.8 Å². The van der Waals surface area contributed by atoms with Crippen molar-refractivity contribution >= 4 is 35.0 Å². The van der Waals surface area contributed by atoms with Crippen LogP contribution in [0.25, 0.3) is 11.0 Å². The van der Waals surface area contributed by atoms with Gasteiger partial charge in [0.15, 0.2) is 6.29 Å². The Hall–Kier alpha value is -2.86. The molecular weight excluding hydrogens is 382 g/mol. The molecule has 1 aliphatic heterocycles. The Balaban J connectivity index is 1.52. The third-order valence-electron chi connectivity index (χ3n) is 5.38. The number of hydrogen-bond acceptors (Lipinski definition) is 4. The molecule has 0 radical (unpaired) electrons. The summed E-state index contributed by atoms with van der Waals surface area (Å²) in [4.78, 5) is 32.1. The Bertz CT molecular complexity index is 1120. The van der Waals surface area contributed by atoms with Crippen molar-refractivity contribution in [1.82, 2.24) is 15.3 Å². The number of aryl methyl sites for hydroxylation is 1. The third kappa shape index (κ3) is 3.85. The largest absolute Gasteiger partial charge is 0.346 e. The summed E-state index contributed by atoms with van der Waals surface area (Å²) < 4.78 is 0. The Labute approximate surface area is 174 Å². The molecule has 3 aromatic rings. The topological polar surface area (TPSA) is 74.8 Å². The Kier molecular flexibility index (Phi) is 5.28. The summed E-state index contributed by atoms with van der Waals surface area (Å²) in [5.74, 6) is 0.189. The number of fused-ring (bicyclic) bond motifs is 1. The van der Waals surface area contributed by atoms with Crippen molar-refractivity contribution in [2.45, 2.75) is 32.1 Å². The van der Waals surface area contributed by atoms with Crippen molar-refractivity contribution in [3.8, 4) is 0 Å². The highest BCUT2D eigenvalue weighted by molar-refractivity contribution is 8.04. The summed E-state index contributed by atoms with van der Waals surface area (Å²) in [5.41, 5.74) is 5.45. The fraction of sp³-hybridized carbons (Fsp3) is 0.261. The normalized spacial score (nSPS) is 19.8. The van der Waals surface area contributed by atoms with Gasteiger partial charge in [0.2, 0.25) is 0 Å². The first kappa shape index (κ1) is 19.5. The van der Waals surface area contributed by atoms with E-state index in [1.54, 1.807) is 18.1 Å². The van der Waals surface area contributed by atoms with Crippen LogP contribution in [0.15, 0.2) is 53.7 Å². The van der Waals surface area contributed by atoms with Crippen molar-refractivity contribution < 1.29 is 9.59 Å². The molecular formula is C23H23N3O2S. The van der Waals surface area contributed by atoms with E-state index in [0.29, 0.717) is 11.5 Å². The van der Waals surface area contributed by atoms with Crippen LogP contribution in [0.2, 0.25) is 0 Å². The van der Waals surface area contributed by atoms with Crippen LogP contribution in [-0.2, 0) is 4.79 Å². The van der Waals surface area contributed by atoms with E-state index in [1.165, 1.54) is 5.56 Å². The first-order valence-corrected chi connectivity index (χ1v) is 10.5. The van der Waals surface area contributed by atoms with Gasteiger partial charge in [0.05, 0.1) is 23.4 Å². The van der Waals surface area contributed by atoms with Crippen molar-refractivity contribution in [3.63, 3.8) is 0 Å². The van der Waals surface area contributed by atoms with E-state index in [9.17, 15) is 9.59 Å². The average molecular weight is 406 g/mol. The number of amides is 1. The van der Waals surface area contributed by atoms with Crippen molar-refractivity contribution in [1.29, 1.82) is 0 Å². The SMILES string of the molecule is Cc1cc2nc[nH]c2cc1C(=O)N[C@H](C)c1cccc(C2SC(C=O)=CC2C)c1. The van der Waals surface area contributed by atoms with Crippen molar-refractivity contribution in [2.24, 2.45) is 5.92 Å². The van der Waals surface area contributed by atoms with E-state index in [2.05, 4.69) is 34.3 Å². The number of imidazole rings is 1. The van der Waals surface area contributed by atoms with Gasteiger partial charge < -0.3 is 10.3 Å². The standard InChI is InChI=1S/C23H23N3O2S/c1-13-8-20-21(25-12-24-20)10-19(13)23(28)26-15(3)16-5-4-6-17(9-16)22-14(2)7-18(11-27)29-22/h4-12,14-15,22H,1-3H3,(H,24,25)(H,26,28)/t14?,15-,22?/m1/s1. The number of H-pyrrole nitrogens is 1. The number of aldehydes is 1. The van der Waals surface area contributed by atoms with Gasteiger partial charge in [-0.25, -0.2) is 4.98 Å². The molecule has 0 bridgehead atoms. The summed E-state index contributed by atoms with van der Waals surface area (Å²) in [6.07, 6.45) is 4.58. The van der Waals surface area contributed by atoms with E-state index in [0.717, 1.165) is 33.4 Å². The number of aromatic amines is 1. The molecule has 2 N–H and O–H groups in total. The fourth-order valence-electron chi connectivity index (χ4n) is 3.77. The van der Waals surface area contributed by atoms with E-state index >= 15 is 0 Å². The first-order chi connectivity index (χ1) is 14.0. The number of benzene rings is 2. The second kappa shape index (κ2) is 7.87. The predicted octanol–water partition coefficient (Wildman–Crippen LogP) is 4.87. The highest BCUT2D eigenvalue weighted by atomic mass is 32.2. The maximum atomic E-state index is 12.9. The fourth-order valence-corrected chi connectivity index (χ4v) is 4.99. The van der Waals surface area contributed by atoms with E-state index in [1.807, 2.05) is 44.2 Å². The molecule has 0 aliphatic carbocycles. The molecule has 2 unspecified atom stereocenters. The van der Waals surface area contributed by atoms with Crippen LogP contribution < -0.4 is 5.32 Å². The van der Waals surface area contributed by atoms with Gasteiger partial charge in [0.1, 0.15) is 0 Å². The summed E-state index contributed by atoms with van der Waals surface area (Å²) in [6, 6.07) is 11.9. The molecule has 5 nitrogen and oxygen atoms in total. The van der Waals surface area contributed by atoms with Gasteiger partial charge in [-0.1, -0.05) is 37.3 Å². The molecule has 0 saturated heterocycles. The lowest BCUT2D eigenvalue weighted by atomic mass is 9.96. The maximum absolute atomic E-state index is 12.9. The van der Waals surface area contributed by atoms with Crippen LogP contribution in [0.5, 0.6) is 0 Å². The maximum Gasteiger partial charge on any atom is 0.252 e. The predicted molar refractivity (Wildman–Crippen MR) is 117 cm³/mol. The number of hydrogen-bond donors (Lipinski definition) is 2. The van der Waals surface area contributed by atoms with Gasteiger partial charge >= 0.3 is 0 Å². The number of aromatic nitrogens is 2. The molecule has 29 heavy (non-hydrogen) atoms. The van der Waals surface area contributed by atoms with Gasteiger partial charge in [0, 0.05) is 15.7 Å².